The predicted octanol–water partition coefficient (Wildman–Crippen LogP) is 2.32. The van der Waals surface area contributed by atoms with Crippen LogP contribution in [0.25, 0.3) is 0 Å². The molecule has 1 aliphatic heterocycles. The molecule has 2 aromatic rings. The van der Waals surface area contributed by atoms with E-state index in [2.05, 4.69) is 45.1 Å². The van der Waals surface area contributed by atoms with Crippen molar-refractivity contribution in [2.24, 2.45) is 5.92 Å². The van der Waals surface area contributed by atoms with Crippen LogP contribution in [0, 0.1) is 5.92 Å². The normalized spacial score (nSPS) is 17.6. The van der Waals surface area contributed by atoms with Crippen LogP contribution in [0.5, 0.6) is 0 Å². The van der Waals surface area contributed by atoms with Gasteiger partial charge in [0.2, 0.25) is 5.91 Å². The molecule has 1 atom stereocenters. The Bertz CT molecular complexity index is 638. The maximum absolute atomic E-state index is 12.2. The summed E-state index contributed by atoms with van der Waals surface area (Å²) in [6, 6.07) is 8.08. The van der Waals surface area contributed by atoms with E-state index in [-0.39, 0.29) is 11.8 Å². The molecule has 5 nitrogen and oxygen atoms in total. The SMILES string of the molecule is CN(Cc1cccc(NC(=O)C2CCNC2)c1)Cc1cscn1. The third-order valence-electron chi connectivity index (χ3n) is 3.99. The van der Waals surface area contributed by atoms with Gasteiger partial charge in [-0.2, -0.15) is 0 Å². The van der Waals surface area contributed by atoms with Gasteiger partial charge < -0.3 is 10.6 Å². The molecule has 0 bridgehead atoms. The summed E-state index contributed by atoms with van der Waals surface area (Å²) in [6.45, 7) is 3.36. The largest absolute Gasteiger partial charge is 0.326 e. The smallest absolute Gasteiger partial charge is 0.228 e. The van der Waals surface area contributed by atoms with Crippen LogP contribution >= 0.6 is 11.3 Å². The Morgan fingerprint density at radius 3 is 3.13 bits per heavy atom. The molecule has 3 rings (SSSR count). The predicted molar refractivity (Wildman–Crippen MR) is 93.3 cm³/mol. The van der Waals surface area contributed by atoms with Crippen LogP contribution < -0.4 is 10.6 Å². The summed E-state index contributed by atoms with van der Waals surface area (Å²) in [5.41, 5.74) is 5.01. The maximum Gasteiger partial charge on any atom is 0.228 e. The van der Waals surface area contributed by atoms with Crippen LogP contribution in [0.4, 0.5) is 5.69 Å². The van der Waals surface area contributed by atoms with Crippen molar-refractivity contribution in [3.63, 3.8) is 0 Å². The number of rotatable bonds is 6. The molecule has 0 saturated carbocycles. The van der Waals surface area contributed by atoms with Crippen molar-refractivity contribution in [3.8, 4) is 0 Å². The minimum absolute atomic E-state index is 0.0889. The number of thiazole rings is 1. The van der Waals surface area contributed by atoms with Crippen LogP contribution in [0.15, 0.2) is 35.2 Å². The number of carbonyl (C=O) groups is 1. The summed E-state index contributed by atoms with van der Waals surface area (Å²) in [6.07, 6.45) is 0.919. The van der Waals surface area contributed by atoms with Crippen LogP contribution in [-0.4, -0.2) is 35.9 Å². The van der Waals surface area contributed by atoms with E-state index in [9.17, 15) is 4.79 Å². The van der Waals surface area contributed by atoms with E-state index in [1.807, 2.05) is 17.6 Å². The van der Waals surface area contributed by atoms with Crippen LogP contribution in [-0.2, 0) is 17.9 Å². The number of anilines is 1. The zero-order valence-corrected chi connectivity index (χ0v) is 14.1. The van der Waals surface area contributed by atoms with Gasteiger partial charge in [-0.3, -0.25) is 9.69 Å². The third kappa shape index (κ3) is 4.60. The topological polar surface area (TPSA) is 57.3 Å². The average Bonchev–Trinajstić information content (AvgIpc) is 3.20. The highest BCUT2D eigenvalue weighted by Gasteiger charge is 2.22. The zero-order valence-electron chi connectivity index (χ0n) is 13.3. The van der Waals surface area contributed by atoms with Crippen LogP contribution in [0.3, 0.4) is 0 Å². The molecular formula is C17H22N4OS. The van der Waals surface area contributed by atoms with Crippen molar-refractivity contribution in [2.75, 3.05) is 25.5 Å². The van der Waals surface area contributed by atoms with Gasteiger partial charge in [0.15, 0.2) is 0 Å². The van der Waals surface area contributed by atoms with Gasteiger partial charge >= 0.3 is 0 Å². The number of hydrogen-bond acceptors (Lipinski definition) is 5. The molecule has 1 fully saturated rings. The highest BCUT2D eigenvalue weighted by atomic mass is 32.1. The maximum atomic E-state index is 12.2. The van der Waals surface area contributed by atoms with Gasteiger partial charge in [-0.15, -0.1) is 11.3 Å². The fourth-order valence-corrected chi connectivity index (χ4v) is 3.38. The Morgan fingerprint density at radius 1 is 1.48 bits per heavy atom. The monoisotopic (exact) mass is 330 g/mol. The Kier molecular flexibility index (Phi) is 5.38. The van der Waals surface area contributed by atoms with E-state index in [0.29, 0.717) is 0 Å². The first-order valence-corrected chi connectivity index (χ1v) is 8.81. The van der Waals surface area contributed by atoms with Gasteiger partial charge in [0.1, 0.15) is 0 Å². The summed E-state index contributed by atoms with van der Waals surface area (Å²) >= 11 is 1.62. The first kappa shape index (κ1) is 16.1. The lowest BCUT2D eigenvalue weighted by atomic mass is 10.1. The summed E-state index contributed by atoms with van der Waals surface area (Å²) in [4.78, 5) is 18.7. The second-order valence-corrected chi connectivity index (χ2v) is 6.75. The lowest BCUT2D eigenvalue weighted by Crippen LogP contribution is -2.24. The van der Waals surface area contributed by atoms with E-state index >= 15 is 0 Å². The molecule has 1 aromatic heterocycles. The molecule has 0 radical (unpaired) electrons. The second kappa shape index (κ2) is 7.68. The van der Waals surface area contributed by atoms with Gasteiger partial charge in [0.25, 0.3) is 0 Å². The van der Waals surface area contributed by atoms with Crippen molar-refractivity contribution in [1.82, 2.24) is 15.2 Å². The number of hydrogen-bond donors (Lipinski definition) is 2. The van der Waals surface area contributed by atoms with E-state index < -0.39 is 0 Å². The standard InChI is InChI=1S/C17H22N4OS/c1-21(10-16-11-23-12-19-16)9-13-3-2-4-15(7-13)20-17(22)14-5-6-18-8-14/h2-4,7,11-12,14,18H,5-6,8-10H2,1H3,(H,20,22). The quantitative estimate of drug-likeness (QED) is 0.853. The average molecular weight is 330 g/mol. The minimum atomic E-state index is 0.0889. The molecule has 2 N–H and O–H groups in total. The fraction of sp³-hybridized carbons (Fsp3) is 0.412. The Labute approximate surface area is 140 Å². The summed E-state index contributed by atoms with van der Waals surface area (Å²) in [7, 11) is 2.08. The molecule has 1 saturated heterocycles. The van der Waals surface area contributed by atoms with Crippen molar-refractivity contribution in [2.45, 2.75) is 19.5 Å². The molecule has 1 unspecified atom stereocenters. The number of aromatic nitrogens is 1. The first-order valence-electron chi connectivity index (χ1n) is 7.87. The highest BCUT2D eigenvalue weighted by molar-refractivity contribution is 7.07. The molecule has 1 amide bonds. The zero-order chi connectivity index (χ0) is 16.1. The second-order valence-electron chi connectivity index (χ2n) is 6.03. The molecule has 1 aromatic carbocycles. The van der Waals surface area contributed by atoms with E-state index in [1.165, 1.54) is 5.56 Å². The summed E-state index contributed by atoms with van der Waals surface area (Å²) < 4.78 is 0. The van der Waals surface area contributed by atoms with Gasteiger partial charge in [-0.05, 0) is 37.7 Å². The summed E-state index contributed by atoms with van der Waals surface area (Å²) in [5.74, 6) is 0.203. The Hall–Kier alpha value is -1.76. The molecule has 122 valence electrons. The first-order chi connectivity index (χ1) is 11.2. The van der Waals surface area contributed by atoms with E-state index in [4.69, 9.17) is 0 Å². The number of nitrogens with zero attached hydrogens (tertiary/aromatic N) is 2. The van der Waals surface area contributed by atoms with Crippen LogP contribution in [0.1, 0.15) is 17.7 Å². The number of benzene rings is 1. The molecule has 23 heavy (non-hydrogen) atoms. The number of amides is 1. The lowest BCUT2D eigenvalue weighted by molar-refractivity contribution is -0.119. The van der Waals surface area contributed by atoms with Crippen molar-refractivity contribution in [3.05, 3.63) is 46.4 Å². The molecule has 0 aliphatic carbocycles. The van der Waals surface area contributed by atoms with E-state index in [0.717, 1.165) is 44.0 Å². The molecular weight excluding hydrogens is 308 g/mol. The van der Waals surface area contributed by atoms with Gasteiger partial charge in [0.05, 0.1) is 17.1 Å². The van der Waals surface area contributed by atoms with Crippen LogP contribution in [0.2, 0.25) is 0 Å². The lowest BCUT2D eigenvalue weighted by Gasteiger charge is -2.16. The van der Waals surface area contributed by atoms with Crippen molar-refractivity contribution in [1.29, 1.82) is 0 Å². The van der Waals surface area contributed by atoms with Gasteiger partial charge in [0, 0.05) is 30.7 Å². The molecule has 6 heteroatoms. The van der Waals surface area contributed by atoms with Gasteiger partial charge in [-0.25, -0.2) is 4.98 Å². The third-order valence-corrected chi connectivity index (χ3v) is 4.63. The molecule has 1 aliphatic rings. The Morgan fingerprint density at radius 2 is 2.39 bits per heavy atom. The summed E-state index contributed by atoms with van der Waals surface area (Å²) in [5, 5.41) is 8.33. The number of carbonyl (C=O) groups excluding carboxylic acids is 1. The minimum Gasteiger partial charge on any atom is -0.326 e. The molecule has 2 heterocycles. The van der Waals surface area contributed by atoms with E-state index in [1.54, 1.807) is 11.3 Å². The van der Waals surface area contributed by atoms with Crippen molar-refractivity contribution < 1.29 is 4.79 Å². The van der Waals surface area contributed by atoms with Crippen molar-refractivity contribution >= 4 is 22.9 Å². The Balaban J connectivity index is 1.57. The number of nitrogens with one attached hydrogen (secondary N) is 2. The highest BCUT2D eigenvalue weighted by Crippen LogP contribution is 2.16. The van der Waals surface area contributed by atoms with Gasteiger partial charge in [-0.1, -0.05) is 12.1 Å². The fourth-order valence-electron chi connectivity index (χ4n) is 2.83. The molecule has 0 spiro atoms.